The molecule has 0 radical (unpaired) electrons. The molecule has 1 saturated heterocycles. The van der Waals surface area contributed by atoms with Crippen LogP contribution in [-0.2, 0) is 33.4 Å². The molecule has 150 valence electrons. The minimum atomic E-state index is -4.50. The Bertz CT molecular complexity index is 891. The molecule has 10 heteroatoms. The van der Waals surface area contributed by atoms with E-state index in [4.69, 9.17) is 9.47 Å². The Morgan fingerprint density at radius 1 is 1.32 bits per heavy atom. The fourth-order valence-electron chi connectivity index (χ4n) is 3.51. The van der Waals surface area contributed by atoms with Gasteiger partial charge in [-0.05, 0) is 19.1 Å². The SMILES string of the molecule is Cc1nc(C(F)(F)F)ccc1-c1n[nH]c2c1CN(C(=O)[C@@H]1COCCO1)CC2. The maximum atomic E-state index is 12.9. The van der Waals surface area contributed by atoms with E-state index in [1.165, 1.54) is 13.0 Å². The van der Waals surface area contributed by atoms with E-state index < -0.39 is 18.0 Å². The van der Waals surface area contributed by atoms with Gasteiger partial charge in [0.25, 0.3) is 5.91 Å². The topological polar surface area (TPSA) is 80.3 Å². The van der Waals surface area contributed by atoms with Gasteiger partial charge in [-0.2, -0.15) is 18.3 Å². The lowest BCUT2D eigenvalue weighted by Gasteiger charge is -2.32. The molecule has 2 aromatic heterocycles. The van der Waals surface area contributed by atoms with Gasteiger partial charge < -0.3 is 14.4 Å². The van der Waals surface area contributed by atoms with Gasteiger partial charge in [-0.1, -0.05) is 0 Å². The Balaban J connectivity index is 1.60. The van der Waals surface area contributed by atoms with Crippen LogP contribution in [0, 0.1) is 6.92 Å². The van der Waals surface area contributed by atoms with Crippen LogP contribution in [-0.4, -0.2) is 58.5 Å². The van der Waals surface area contributed by atoms with E-state index in [9.17, 15) is 18.0 Å². The summed E-state index contributed by atoms with van der Waals surface area (Å²) in [5.74, 6) is -0.153. The molecular weight excluding hydrogens is 377 g/mol. The number of hydrogen-bond acceptors (Lipinski definition) is 5. The van der Waals surface area contributed by atoms with Gasteiger partial charge in [0, 0.05) is 42.0 Å². The highest BCUT2D eigenvalue weighted by Crippen LogP contribution is 2.33. The number of halogens is 3. The largest absolute Gasteiger partial charge is 0.433 e. The molecule has 28 heavy (non-hydrogen) atoms. The number of alkyl halides is 3. The lowest BCUT2D eigenvalue weighted by molar-refractivity contribution is -0.158. The Morgan fingerprint density at radius 3 is 2.82 bits per heavy atom. The number of fused-ring (bicyclic) bond motifs is 1. The quantitative estimate of drug-likeness (QED) is 0.841. The highest BCUT2D eigenvalue weighted by molar-refractivity contribution is 5.82. The highest BCUT2D eigenvalue weighted by atomic mass is 19.4. The molecule has 0 saturated carbocycles. The van der Waals surface area contributed by atoms with Crippen LogP contribution in [0.25, 0.3) is 11.3 Å². The van der Waals surface area contributed by atoms with E-state index in [1.807, 2.05) is 0 Å². The van der Waals surface area contributed by atoms with Gasteiger partial charge in [0.2, 0.25) is 0 Å². The van der Waals surface area contributed by atoms with E-state index in [1.54, 1.807) is 4.90 Å². The molecule has 4 heterocycles. The maximum Gasteiger partial charge on any atom is 0.433 e. The molecule has 2 aliphatic heterocycles. The molecule has 2 aliphatic rings. The van der Waals surface area contributed by atoms with Crippen LogP contribution in [0.3, 0.4) is 0 Å². The molecule has 0 aliphatic carbocycles. The smallest absolute Gasteiger partial charge is 0.376 e. The van der Waals surface area contributed by atoms with E-state index in [2.05, 4.69) is 15.2 Å². The molecule has 2 aromatic rings. The number of nitrogens with one attached hydrogen (secondary N) is 1. The summed E-state index contributed by atoms with van der Waals surface area (Å²) in [5, 5.41) is 7.23. The third kappa shape index (κ3) is 3.49. The summed E-state index contributed by atoms with van der Waals surface area (Å²) in [6.07, 6.45) is -4.55. The molecule has 4 rings (SSSR count). The second kappa shape index (κ2) is 7.17. The zero-order valence-electron chi connectivity index (χ0n) is 15.2. The van der Waals surface area contributed by atoms with Crippen molar-refractivity contribution >= 4 is 5.91 Å². The zero-order chi connectivity index (χ0) is 19.9. The summed E-state index contributed by atoms with van der Waals surface area (Å²) < 4.78 is 49.4. The predicted octanol–water partition coefficient (Wildman–Crippen LogP) is 2.10. The standard InChI is InChI=1S/C18H19F3N4O3/c1-10-11(2-3-15(22-10)18(19,20)21)16-12-8-25(5-4-13(12)23-24-16)17(26)14-9-27-6-7-28-14/h2-3,14H,4-9H2,1H3,(H,23,24)/t14-/m0/s1. The van der Waals surface area contributed by atoms with Gasteiger partial charge in [0.15, 0.2) is 6.10 Å². The van der Waals surface area contributed by atoms with E-state index in [0.29, 0.717) is 44.0 Å². The number of aryl methyl sites for hydroxylation is 1. The highest BCUT2D eigenvalue weighted by Gasteiger charge is 2.34. The van der Waals surface area contributed by atoms with Crippen LogP contribution < -0.4 is 0 Å². The normalized spacial score (nSPS) is 20.1. The summed E-state index contributed by atoms with van der Waals surface area (Å²) >= 11 is 0. The molecule has 0 unspecified atom stereocenters. The number of aromatic amines is 1. The number of pyridine rings is 1. The Morgan fingerprint density at radius 2 is 2.14 bits per heavy atom. The molecule has 1 atom stereocenters. The van der Waals surface area contributed by atoms with Crippen molar-refractivity contribution in [3.63, 3.8) is 0 Å². The molecule has 7 nitrogen and oxygen atoms in total. The third-order valence-corrected chi connectivity index (χ3v) is 4.97. The first-order chi connectivity index (χ1) is 13.3. The summed E-state index contributed by atoms with van der Waals surface area (Å²) in [7, 11) is 0. The number of carbonyl (C=O) groups excluding carboxylic acids is 1. The van der Waals surface area contributed by atoms with Crippen molar-refractivity contribution in [1.82, 2.24) is 20.1 Å². The van der Waals surface area contributed by atoms with Crippen LogP contribution in [0.4, 0.5) is 13.2 Å². The molecule has 0 spiro atoms. The Kier molecular flexibility index (Phi) is 4.84. The van der Waals surface area contributed by atoms with E-state index >= 15 is 0 Å². The summed E-state index contributed by atoms with van der Waals surface area (Å²) in [4.78, 5) is 18.1. The summed E-state index contributed by atoms with van der Waals surface area (Å²) in [6.45, 7) is 3.41. The zero-order valence-corrected chi connectivity index (χ0v) is 15.2. The van der Waals surface area contributed by atoms with E-state index in [-0.39, 0.29) is 18.2 Å². The average Bonchev–Trinajstić information content (AvgIpc) is 3.10. The van der Waals surface area contributed by atoms with Gasteiger partial charge in [-0.25, -0.2) is 4.98 Å². The monoisotopic (exact) mass is 396 g/mol. The summed E-state index contributed by atoms with van der Waals surface area (Å²) in [5.41, 5.74) is 1.99. The second-order valence-electron chi connectivity index (χ2n) is 6.80. The number of nitrogens with zero attached hydrogens (tertiary/aromatic N) is 3. The number of rotatable bonds is 2. The van der Waals surface area contributed by atoms with Crippen LogP contribution in [0.2, 0.25) is 0 Å². The van der Waals surface area contributed by atoms with Crippen LogP contribution >= 0.6 is 0 Å². The van der Waals surface area contributed by atoms with Crippen LogP contribution in [0.5, 0.6) is 0 Å². The Labute approximate surface area is 158 Å². The van der Waals surface area contributed by atoms with Crippen LogP contribution in [0.15, 0.2) is 12.1 Å². The van der Waals surface area contributed by atoms with Crippen molar-refractivity contribution in [2.45, 2.75) is 32.2 Å². The number of H-pyrrole nitrogens is 1. The average molecular weight is 396 g/mol. The number of amides is 1. The first-order valence-corrected chi connectivity index (χ1v) is 8.94. The first kappa shape index (κ1) is 18.9. The van der Waals surface area contributed by atoms with Crippen LogP contribution in [0.1, 0.15) is 22.6 Å². The number of aromatic nitrogens is 3. The third-order valence-electron chi connectivity index (χ3n) is 4.97. The second-order valence-corrected chi connectivity index (χ2v) is 6.80. The minimum Gasteiger partial charge on any atom is -0.376 e. The summed E-state index contributed by atoms with van der Waals surface area (Å²) in [6, 6.07) is 2.32. The molecule has 0 aromatic carbocycles. The van der Waals surface area contributed by atoms with Crippen molar-refractivity contribution in [3.05, 3.63) is 34.8 Å². The number of carbonyl (C=O) groups is 1. The van der Waals surface area contributed by atoms with Gasteiger partial charge in [-0.3, -0.25) is 9.89 Å². The minimum absolute atomic E-state index is 0.153. The van der Waals surface area contributed by atoms with Gasteiger partial charge in [0.1, 0.15) is 5.69 Å². The van der Waals surface area contributed by atoms with Crippen molar-refractivity contribution in [2.24, 2.45) is 0 Å². The number of hydrogen-bond donors (Lipinski definition) is 1. The van der Waals surface area contributed by atoms with Gasteiger partial charge in [-0.15, -0.1) is 0 Å². The van der Waals surface area contributed by atoms with E-state index in [0.717, 1.165) is 17.3 Å². The van der Waals surface area contributed by atoms with Crippen molar-refractivity contribution in [3.8, 4) is 11.3 Å². The molecule has 1 amide bonds. The fourth-order valence-corrected chi connectivity index (χ4v) is 3.51. The van der Waals surface area contributed by atoms with Gasteiger partial charge in [0.05, 0.1) is 25.5 Å². The van der Waals surface area contributed by atoms with Gasteiger partial charge >= 0.3 is 6.18 Å². The first-order valence-electron chi connectivity index (χ1n) is 8.94. The molecular formula is C18H19F3N4O3. The fraction of sp³-hybridized carbons (Fsp3) is 0.500. The van der Waals surface area contributed by atoms with Crippen molar-refractivity contribution < 1.29 is 27.4 Å². The predicted molar refractivity (Wildman–Crippen MR) is 91.2 cm³/mol. The molecule has 1 fully saturated rings. The molecule has 1 N–H and O–H groups in total. The lowest BCUT2D eigenvalue weighted by Crippen LogP contribution is -2.47. The molecule has 0 bridgehead atoms. The maximum absolute atomic E-state index is 12.9. The lowest BCUT2D eigenvalue weighted by atomic mass is 9.99. The number of ether oxygens (including phenoxy) is 2. The van der Waals surface area contributed by atoms with Crippen molar-refractivity contribution in [1.29, 1.82) is 0 Å². The Hall–Kier alpha value is -2.46. The van der Waals surface area contributed by atoms with Crippen molar-refractivity contribution in [2.75, 3.05) is 26.4 Å².